The molecular weight excluding hydrogens is 229 g/mol. The van der Waals surface area contributed by atoms with Gasteiger partial charge in [-0.2, -0.15) is 0 Å². The Bertz CT molecular complexity index is 493. The van der Waals surface area contributed by atoms with E-state index in [1.807, 2.05) is 31.2 Å². The Hall–Kier alpha value is -1.87. The first-order chi connectivity index (χ1) is 8.69. The molecule has 0 aliphatic carbocycles. The van der Waals surface area contributed by atoms with Gasteiger partial charge in [0.1, 0.15) is 17.3 Å². The molecule has 0 heterocycles. The van der Waals surface area contributed by atoms with Gasteiger partial charge in [-0.25, -0.2) is 4.39 Å². The van der Waals surface area contributed by atoms with Crippen LogP contribution in [0.15, 0.2) is 48.5 Å². The van der Waals surface area contributed by atoms with Crippen molar-refractivity contribution in [3.63, 3.8) is 0 Å². The number of halogens is 1. The predicted octanol–water partition coefficient (Wildman–Crippen LogP) is 4.03. The number of nitrogens with two attached hydrogens (primary N) is 1. The summed E-state index contributed by atoms with van der Waals surface area (Å²) in [5, 5.41) is 0. The van der Waals surface area contributed by atoms with E-state index in [0.717, 1.165) is 12.0 Å². The van der Waals surface area contributed by atoms with Gasteiger partial charge in [0.25, 0.3) is 0 Å². The standard InChI is InChI=1S/C15H16FNO/c1-2-15(17)11-3-7-13(8-4-11)18-14-9-5-12(16)6-10-14/h3-10,15H,2,17H2,1H3/t15-/m1/s1. The lowest BCUT2D eigenvalue weighted by Gasteiger charge is -2.10. The molecule has 2 nitrogen and oxygen atoms in total. The third-order valence-electron chi connectivity index (χ3n) is 2.80. The molecule has 2 aromatic rings. The van der Waals surface area contributed by atoms with Crippen LogP contribution in [0.25, 0.3) is 0 Å². The number of ether oxygens (including phenoxy) is 1. The molecule has 0 fully saturated rings. The maximum atomic E-state index is 12.7. The van der Waals surface area contributed by atoms with E-state index in [9.17, 15) is 4.39 Å². The van der Waals surface area contributed by atoms with Gasteiger partial charge < -0.3 is 10.5 Å². The summed E-state index contributed by atoms with van der Waals surface area (Å²) >= 11 is 0. The molecule has 3 heteroatoms. The highest BCUT2D eigenvalue weighted by atomic mass is 19.1. The molecule has 2 rings (SSSR count). The first-order valence-corrected chi connectivity index (χ1v) is 5.98. The fourth-order valence-electron chi connectivity index (χ4n) is 1.66. The molecule has 1 atom stereocenters. The van der Waals surface area contributed by atoms with Gasteiger partial charge in [0.05, 0.1) is 0 Å². The van der Waals surface area contributed by atoms with Crippen LogP contribution in [-0.4, -0.2) is 0 Å². The Labute approximate surface area is 106 Å². The highest BCUT2D eigenvalue weighted by Crippen LogP contribution is 2.23. The predicted molar refractivity (Wildman–Crippen MR) is 70.1 cm³/mol. The molecule has 0 unspecified atom stereocenters. The minimum Gasteiger partial charge on any atom is -0.457 e. The fraction of sp³-hybridized carbons (Fsp3) is 0.200. The quantitative estimate of drug-likeness (QED) is 0.882. The summed E-state index contributed by atoms with van der Waals surface area (Å²) in [6, 6.07) is 13.6. The highest BCUT2D eigenvalue weighted by Gasteiger charge is 2.03. The Kier molecular flexibility index (Phi) is 3.95. The van der Waals surface area contributed by atoms with Crippen LogP contribution in [-0.2, 0) is 0 Å². The molecule has 0 bridgehead atoms. The minimum absolute atomic E-state index is 0.0601. The normalized spacial score (nSPS) is 12.2. The molecule has 18 heavy (non-hydrogen) atoms. The topological polar surface area (TPSA) is 35.2 Å². The van der Waals surface area contributed by atoms with Crippen molar-refractivity contribution in [1.29, 1.82) is 0 Å². The number of rotatable bonds is 4. The van der Waals surface area contributed by atoms with Crippen molar-refractivity contribution in [2.24, 2.45) is 5.73 Å². The van der Waals surface area contributed by atoms with E-state index in [0.29, 0.717) is 11.5 Å². The van der Waals surface area contributed by atoms with Crippen molar-refractivity contribution in [2.75, 3.05) is 0 Å². The Balaban J connectivity index is 2.08. The van der Waals surface area contributed by atoms with Crippen molar-refractivity contribution in [1.82, 2.24) is 0 Å². The van der Waals surface area contributed by atoms with E-state index < -0.39 is 0 Å². The Morgan fingerprint density at radius 3 is 2.00 bits per heavy atom. The van der Waals surface area contributed by atoms with Crippen LogP contribution in [0.1, 0.15) is 24.9 Å². The third kappa shape index (κ3) is 3.08. The molecule has 0 aliphatic rings. The molecule has 0 amide bonds. The van der Waals surface area contributed by atoms with Crippen LogP contribution in [0.3, 0.4) is 0 Å². The average Bonchev–Trinajstić information content (AvgIpc) is 2.41. The van der Waals surface area contributed by atoms with Crippen molar-refractivity contribution >= 4 is 0 Å². The van der Waals surface area contributed by atoms with E-state index in [4.69, 9.17) is 10.5 Å². The molecular formula is C15H16FNO. The van der Waals surface area contributed by atoms with Crippen LogP contribution in [0.5, 0.6) is 11.5 Å². The summed E-state index contributed by atoms with van der Waals surface area (Å²) in [6.45, 7) is 2.05. The molecule has 0 aromatic heterocycles. The summed E-state index contributed by atoms with van der Waals surface area (Å²) in [6.07, 6.45) is 0.901. The van der Waals surface area contributed by atoms with E-state index in [2.05, 4.69) is 0 Å². The third-order valence-corrected chi connectivity index (χ3v) is 2.80. The summed E-state index contributed by atoms with van der Waals surface area (Å²) in [5.41, 5.74) is 7.02. The fourth-order valence-corrected chi connectivity index (χ4v) is 1.66. The van der Waals surface area contributed by atoms with E-state index in [1.165, 1.54) is 12.1 Å². The largest absolute Gasteiger partial charge is 0.457 e. The lowest BCUT2D eigenvalue weighted by Crippen LogP contribution is -2.07. The van der Waals surface area contributed by atoms with Crippen LogP contribution in [0, 0.1) is 5.82 Å². The maximum Gasteiger partial charge on any atom is 0.127 e. The molecule has 94 valence electrons. The molecule has 0 radical (unpaired) electrons. The van der Waals surface area contributed by atoms with Gasteiger partial charge in [0.15, 0.2) is 0 Å². The second-order valence-electron chi connectivity index (χ2n) is 4.14. The second kappa shape index (κ2) is 5.65. The SMILES string of the molecule is CC[C@@H](N)c1ccc(Oc2ccc(F)cc2)cc1. The smallest absolute Gasteiger partial charge is 0.127 e. The van der Waals surface area contributed by atoms with Crippen LogP contribution < -0.4 is 10.5 Å². The Morgan fingerprint density at radius 2 is 1.50 bits per heavy atom. The lowest BCUT2D eigenvalue weighted by atomic mass is 10.1. The molecule has 0 spiro atoms. The monoisotopic (exact) mass is 245 g/mol. The Morgan fingerprint density at radius 1 is 1.00 bits per heavy atom. The van der Waals surface area contributed by atoms with Crippen LogP contribution in [0.2, 0.25) is 0 Å². The van der Waals surface area contributed by atoms with Gasteiger partial charge in [-0.3, -0.25) is 0 Å². The lowest BCUT2D eigenvalue weighted by molar-refractivity contribution is 0.480. The summed E-state index contributed by atoms with van der Waals surface area (Å²) in [4.78, 5) is 0. The zero-order valence-corrected chi connectivity index (χ0v) is 10.3. The van der Waals surface area contributed by atoms with Gasteiger partial charge in [0, 0.05) is 6.04 Å². The van der Waals surface area contributed by atoms with Gasteiger partial charge in [0.2, 0.25) is 0 Å². The first kappa shape index (κ1) is 12.6. The minimum atomic E-state index is -0.272. The highest BCUT2D eigenvalue weighted by molar-refractivity contribution is 5.33. The van der Waals surface area contributed by atoms with Gasteiger partial charge in [-0.1, -0.05) is 19.1 Å². The average molecular weight is 245 g/mol. The van der Waals surface area contributed by atoms with E-state index in [-0.39, 0.29) is 11.9 Å². The maximum absolute atomic E-state index is 12.7. The van der Waals surface area contributed by atoms with Gasteiger partial charge in [-0.15, -0.1) is 0 Å². The first-order valence-electron chi connectivity index (χ1n) is 5.98. The summed E-state index contributed by atoms with van der Waals surface area (Å²) in [5.74, 6) is 1.06. The zero-order valence-electron chi connectivity index (χ0n) is 10.3. The molecule has 2 aromatic carbocycles. The van der Waals surface area contributed by atoms with E-state index in [1.54, 1.807) is 12.1 Å². The number of hydrogen-bond donors (Lipinski definition) is 1. The van der Waals surface area contributed by atoms with Crippen LogP contribution >= 0.6 is 0 Å². The second-order valence-corrected chi connectivity index (χ2v) is 4.14. The number of hydrogen-bond acceptors (Lipinski definition) is 2. The van der Waals surface area contributed by atoms with Crippen molar-refractivity contribution < 1.29 is 9.13 Å². The molecule has 2 N–H and O–H groups in total. The van der Waals surface area contributed by atoms with Crippen molar-refractivity contribution in [3.05, 3.63) is 59.9 Å². The van der Waals surface area contributed by atoms with Crippen LogP contribution in [0.4, 0.5) is 4.39 Å². The van der Waals surface area contributed by atoms with Gasteiger partial charge in [-0.05, 0) is 48.4 Å². The molecule has 0 saturated carbocycles. The van der Waals surface area contributed by atoms with E-state index >= 15 is 0 Å². The molecule has 0 saturated heterocycles. The number of benzene rings is 2. The molecule has 0 aliphatic heterocycles. The zero-order chi connectivity index (χ0) is 13.0. The van der Waals surface area contributed by atoms with Gasteiger partial charge >= 0.3 is 0 Å². The summed E-state index contributed by atoms with van der Waals surface area (Å²) in [7, 11) is 0. The summed E-state index contributed by atoms with van der Waals surface area (Å²) < 4.78 is 18.3. The van der Waals surface area contributed by atoms with Crippen molar-refractivity contribution in [2.45, 2.75) is 19.4 Å². The van der Waals surface area contributed by atoms with Crippen molar-refractivity contribution in [3.8, 4) is 11.5 Å².